The Morgan fingerprint density at radius 2 is 1.67 bits per heavy atom. The summed E-state index contributed by atoms with van der Waals surface area (Å²) in [6, 6.07) is 13.6. The van der Waals surface area contributed by atoms with E-state index < -0.39 is 32.4 Å². The maximum atomic E-state index is 13.0. The van der Waals surface area contributed by atoms with Gasteiger partial charge in [0.15, 0.2) is 11.5 Å². The summed E-state index contributed by atoms with van der Waals surface area (Å²) in [7, 11) is 1.36. The predicted molar refractivity (Wildman–Crippen MR) is 156 cm³/mol. The number of imide groups is 1. The zero-order chi connectivity index (χ0) is 30.6. The van der Waals surface area contributed by atoms with Crippen LogP contribution in [0.5, 0.6) is 23.0 Å². The van der Waals surface area contributed by atoms with Crippen LogP contribution in [-0.4, -0.2) is 46.2 Å². The molecule has 0 saturated carbocycles. The molecular formula is C29H27N3O9S. The number of non-ortho nitro benzene ring substituents is 1. The van der Waals surface area contributed by atoms with Crippen molar-refractivity contribution in [1.29, 1.82) is 0 Å². The van der Waals surface area contributed by atoms with Gasteiger partial charge in [-0.05, 0) is 71.6 Å². The van der Waals surface area contributed by atoms with Gasteiger partial charge in [-0.1, -0.05) is 32.0 Å². The van der Waals surface area contributed by atoms with Gasteiger partial charge in [0.25, 0.3) is 16.8 Å². The van der Waals surface area contributed by atoms with Crippen LogP contribution < -0.4 is 14.2 Å². The van der Waals surface area contributed by atoms with Gasteiger partial charge in [0.1, 0.15) is 12.4 Å². The van der Waals surface area contributed by atoms with Crippen LogP contribution in [0.25, 0.3) is 6.08 Å². The number of ether oxygens (including phenoxy) is 3. The highest BCUT2D eigenvalue weighted by Gasteiger charge is 2.35. The van der Waals surface area contributed by atoms with E-state index in [2.05, 4.69) is 13.8 Å². The molecule has 13 heteroatoms. The molecule has 0 spiro atoms. The van der Waals surface area contributed by atoms with Crippen molar-refractivity contribution in [2.75, 3.05) is 20.3 Å². The Labute approximate surface area is 245 Å². The third kappa shape index (κ3) is 6.69. The number of aryl methyl sites for hydroxylation is 1. The monoisotopic (exact) mass is 593 g/mol. The molecule has 4 rings (SSSR count). The fourth-order valence-electron chi connectivity index (χ4n) is 4.16. The maximum Gasteiger partial charge on any atom is 0.318 e. The zero-order valence-electron chi connectivity index (χ0n) is 23.2. The molecule has 1 aliphatic rings. The molecule has 0 radical (unpaired) electrons. The first-order chi connectivity index (χ1) is 20.0. The summed E-state index contributed by atoms with van der Waals surface area (Å²) in [6.07, 6.45) is 1.53. The lowest BCUT2D eigenvalue weighted by Gasteiger charge is -2.17. The van der Waals surface area contributed by atoms with Gasteiger partial charge in [0.05, 0.1) is 34.5 Å². The normalized spacial score (nSPS) is 14.0. The summed E-state index contributed by atoms with van der Waals surface area (Å²) in [4.78, 5) is 47.9. The highest BCUT2D eigenvalue weighted by molar-refractivity contribution is 8.18. The Bertz CT molecular complexity index is 1600. The number of methoxy groups -OCH3 is 1. The Morgan fingerprint density at radius 1 is 0.929 bits per heavy atom. The third-order valence-corrected chi connectivity index (χ3v) is 7.20. The second kappa shape index (κ2) is 12.7. The SMILES string of the molecule is COc1cc(/C=C2\SC(=O)N(CCOc3cc(C)ccc3C(C)C)C2=O)ccc1Oc1ccc([N+](=O)[O-])cc1[N+](=O)[O-]. The van der Waals surface area contributed by atoms with Gasteiger partial charge < -0.3 is 14.2 Å². The summed E-state index contributed by atoms with van der Waals surface area (Å²) in [5.74, 6) is 0.588. The van der Waals surface area contributed by atoms with Gasteiger partial charge in [-0.3, -0.25) is 34.7 Å². The Morgan fingerprint density at radius 3 is 2.33 bits per heavy atom. The summed E-state index contributed by atoms with van der Waals surface area (Å²) in [5, 5.41) is 22.0. The first-order valence-electron chi connectivity index (χ1n) is 12.8. The maximum absolute atomic E-state index is 13.0. The zero-order valence-corrected chi connectivity index (χ0v) is 24.0. The fourth-order valence-corrected chi connectivity index (χ4v) is 5.02. The quantitative estimate of drug-likeness (QED) is 0.131. The standard InChI is InChI=1S/C29H27N3O9S/c1-17(2)21-8-5-18(3)13-25(21)40-12-11-30-28(33)27(42-29(30)34)15-19-6-9-24(26(14-19)39-4)41-23-10-7-20(31(35)36)16-22(23)32(37)38/h5-10,13-17H,11-12H2,1-4H3/b27-15-. The number of nitro benzene ring substituents is 2. The van der Waals surface area contributed by atoms with Crippen LogP contribution in [0.4, 0.5) is 16.2 Å². The fraction of sp³-hybridized carbons (Fsp3) is 0.241. The first kappa shape index (κ1) is 30.1. The number of hydrogen-bond acceptors (Lipinski definition) is 10. The van der Waals surface area contributed by atoms with Crippen LogP contribution in [-0.2, 0) is 4.79 Å². The highest BCUT2D eigenvalue weighted by Crippen LogP contribution is 2.39. The van der Waals surface area contributed by atoms with Gasteiger partial charge in [0, 0.05) is 6.07 Å². The van der Waals surface area contributed by atoms with E-state index in [-0.39, 0.29) is 41.2 Å². The number of nitro groups is 2. The van der Waals surface area contributed by atoms with E-state index in [1.54, 1.807) is 6.07 Å². The summed E-state index contributed by atoms with van der Waals surface area (Å²) >= 11 is 0.803. The van der Waals surface area contributed by atoms with Crippen LogP contribution in [0.15, 0.2) is 59.5 Å². The minimum absolute atomic E-state index is 0.0810. The van der Waals surface area contributed by atoms with Crippen LogP contribution in [0, 0.1) is 27.2 Å². The van der Waals surface area contributed by atoms with E-state index in [1.807, 2.05) is 25.1 Å². The van der Waals surface area contributed by atoms with E-state index in [9.17, 15) is 29.8 Å². The van der Waals surface area contributed by atoms with Gasteiger partial charge in [-0.15, -0.1) is 0 Å². The minimum atomic E-state index is -0.783. The number of carbonyl (C=O) groups is 2. The first-order valence-corrected chi connectivity index (χ1v) is 13.6. The highest BCUT2D eigenvalue weighted by atomic mass is 32.2. The Balaban J connectivity index is 1.48. The summed E-state index contributed by atoms with van der Waals surface area (Å²) in [5.41, 5.74) is 1.56. The van der Waals surface area contributed by atoms with Crippen LogP contribution in [0.2, 0.25) is 0 Å². The van der Waals surface area contributed by atoms with E-state index in [1.165, 1.54) is 25.3 Å². The number of benzene rings is 3. The molecule has 0 N–H and O–H groups in total. The second-order valence-corrected chi connectivity index (χ2v) is 10.5. The van der Waals surface area contributed by atoms with Crippen molar-refractivity contribution < 1.29 is 33.6 Å². The molecule has 0 aliphatic carbocycles. The smallest absolute Gasteiger partial charge is 0.318 e. The molecule has 0 bridgehead atoms. The van der Waals surface area contributed by atoms with Crippen molar-refractivity contribution in [3.05, 3.63) is 96.4 Å². The molecule has 1 heterocycles. The summed E-state index contributed by atoms with van der Waals surface area (Å²) in [6.45, 7) is 6.31. The van der Waals surface area contributed by atoms with Crippen molar-refractivity contribution in [3.63, 3.8) is 0 Å². The second-order valence-electron chi connectivity index (χ2n) is 9.56. The lowest BCUT2D eigenvalue weighted by molar-refractivity contribution is -0.394. The van der Waals surface area contributed by atoms with Gasteiger partial charge in [0.2, 0.25) is 5.75 Å². The molecule has 0 atom stereocenters. The van der Waals surface area contributed by atoms with E-state index >= 15 is 0 Å². The molecule has 42 heavy (non-hydrogen) atoms. The average molecular weight is 594 g/mol. The van der Waals surface area contributed by atoms with E-state index in [0.29, 0.717) is 5.56 Å². The van der Waals surface area contributed by atoms with Gasteiger partial charge in [-0.2, -0.15) is 0 Å². The van der Waals surface area contributed by atoms with Crippen molar-refractivity contribution >= 4 is 40.4 Å². The van der Waals surface area contributed by atoms with E-state index in [4.69, 9.17) is 14.2 Å². The number of rotatable bonds is 11. The molecule has 3 aromatic carbocycles. The Kier molecular flexibility index (Phi) is 9.11. The molecule has 1 fully saturated rings. The van der Waals surface area contributed by atoms with Gasteiger partial charge >= 0.3 is 5.69 Å². The number of carbonyl (C=O) groups excluding carboxylic acids is 2. The predicted octanol–water partition coefficient (Wildman–Crippen LogP) is 6.85. The van der Waals surface area contributed by atoms with Crippen LogP contribution in [0.3, 0.4) is 0 Å². The summed E-state index contributed by atoms with van der Waals surface area (Å²) < 4.78 is 17.0. The molecule has 1 aliphatic heterocycles. The number of hydrogen-bond donors (Lipinski definition) is 0. The van der Waals surface area contributed by atoms with Crippen molar-refractivity contribution in [1.82, 2.24) is 4.90 Å². The molecule has 3 aromatic rings. The molecule has 0 unspecified atom stereocenters. The topological polar surface area (TPSA) is 151 Å². The molecule has 2 amide bonds. The Hall–Kier alpha value is -4.91. The van der Waals surface area contributed by atoms with E-state index in [0.717, 1.165) is 51.7 Å². The number of nitrogens with zero attached hydrogens (tertiary/aromatic N) is 3. The average Bonchev–Trinajstić information content (AvgIpc) is 3.20. The molecule has 1 saturated heterocycles. The van der Waals surface area contributed by atoms with Crippen LogP contribution in [0.1, 0.15) is 36.5 Å². The van der Waals surface area contributed by atoms with Crippen LogP contribution >= 0.6 is 11.8 Å². The molecular weight excluding hydrogens is 566 g/mol. The third-order valence-electron chi connectivity index (χ3n) is 6.29. The molecule has 0 aromatic heterocycles. The minimum Gasteiger partial charge on any atom is -0.493 e. The number of thioether (sulfide) groups is 1. The van der Waals surface area contributed by atoms with Crippen molar-refractivity contribution in [3.8, 4) is 23.0 Å². The molecule has 12 nitrogen and oxygen atoms in total. The molecule has 218 valence electrons. The number of amides is 2. The largest absolute Gasteiger partial charge is 0.493 e. The lowest BCUT2D eigenvalue weighted by atomic mass is 10.0. The lowest BCUT2D eigenvalue weighted by Crippen LogP contribution is -2.32. The van der Waals surface area contributed by atoms with Gasteiger partial charge in [-0.25, -0.2) is 0 Å². The van der Waals surface area contributed by atoms with Crippen molar-refractivity contribution in [2.24, 2.45) is 0 Å². The van der Waals surface area contributed by atoms with Crippen molar-refractivity contribution in [2.45, 2.75) is 26.7 Å².